The van der Waals surface area contributed by atoms with E-state index in [1.54, 1.807) is 0 Å². The summed E-state index contributed by atoms with van der Waals surface area (Å²) in [5, 5.41) is 8.75. The first kappa shape index (κ1) is 35.4. The molecule has 0 rings (SSSR count). The highest BCUT2D eigenvalue weighted by Gasteiger charge is 2.14. The van der Waals surface area contributed by atoms with Crippen LogP contribution < -0.4 is 0 Å². The van der Waals surface area contributed by atoms with E-state index >= 15 is 0 Å². The van der Waals surface area contributed by atoms with Gasteiger partial charge in [-0.25, -0.2) is 0 Å². The molecule has 0 heterocycles. The molecule has 0 saturated carbocycles. The average Bonchev–Trinajstić information content (AvgIpc) is 2.87. The topological polar surface area (TPSA) is 63.6 Å². The molecule has 0 aliphatic carbocycles. The number of ether oxygens (including phenoxy) is 1. The van der Waals surface area contributed by atoms with Gasteiger partial charge >= 0.3 is 11.9 Å². The van der Waals surface area contributed by atoms with Crippen LogP contribution in [0.3, 0.4) is 0 Å². The van der Waals surface area contributed by atoms with Gasteiger partial charge in [0.1, 0.15) is 6.10 Å². The number of hydrogen-bond donors (Lipinski definition) is 1. The number of carboxylic acids is 1. The van der Waals surface area contributed by atoms with E-state index in [-0.39, 0.29) is 18.5 Å². The number of carbonyl (C=O) groups is 2. The van der Waals surface area contributed by atoms with Gasteiger partial charge < -0.3 is 9.84 Å². The molecule has 0 aromatic carbocycles. The van der Waals surface area contributed by atoms with E-state index in [1.165, 1.54) is 64.2 Å². The van der Waals surface area contributed by atoms with Crippen molar-refractivity contribution in [2.24, 2.45) is 0 Å². The minimum absolute atomic E-state index is 0.0208. The maximum absolute atomic E-state index is 12.5. The van der Waals surface area contributed by atoms with Gasteiger partial charge in [0.15, 0.2) is 0 Å². The SMILES string of the molecule is CCCCC/C=C\C/C=C\CCCC(CCCCCCCC(=O)O)OC(=O)CCCCCCCCCC. The van der Waals surface area contributed by atoms with Gasteiger partial charge in [0.05, 0.1) is 0 Å². The second-order valence-corrected chi connectivity index (χ2v) is 10.6. The zero-order valence-electron chi connectivity index (χ0n) is 24.5. The summed E-state index contributed by atoms with van der Waals surface area (Å²) in [6.45, 7) is 4.48. The predicted molar refractivity (Wildman–Crippen MR) is 158 cm³/mol. The lowest BCUT2D eigenvalue weighted by molar-refractivity contribution is -0.150. The van der Waals surface area contributed by atoms with E-state index in [1.807, 2.05) is 0 Å². The van der Waals surface area contributed by atoms with Crippen LogP contribution in [-0.4, -0.2) is 23.1 Å². The lowest BCUT2D eigenvalue weighted by atomic mass is 10.0. The van der Waals surface area contributed by atoms with Crippen LogP contribution in [0.25, 0.3) is 0 Å². The summed E-state index contributed by atoms with van der Waals surface area (Å²) in [6, 6.07) is 0. The Labute approximate surface area is 229 Å². The van der Waals surface area contributed by atoms with Gasteiger partial charge in [-0.3, -0.25) is 9.59 Å². The van der Waals surface area contributed by atoms with Gasteiger partial charge in [-0.05, 0) is 64.2 Å². The smallest absolute Gasteiger partial charge is 0.306 e. The molecule has 0 aliphatic heterocycles. The van der Waals surface area contributed by atoms with Crippen molar-refractivity contribution in [1.29, 1.82) is 0 Å². The molecule has 1 N–H and O–H groups in total. The minimum atomic E-state index is -0.708. The molecule has 0 radical (unpaired) electrons. The number of esters is 1. The highest BCUT2D eigenvalue weighted by molar-refractivity contribution is 5.69. The summed E-state index contributed by atoms with van der Waals surface area (Å²) in [5.74, 6) is -0.735. The van der Waals surface area contributed by atoms with E-state index in [0.717, 1.165) is 77.0 Å². The summed E-state index contributed by atoms with van der Waals surface area (Å²) in [7, 11) is 0. The van der Waals surface area contributed by atoms with Crippen molar-refractivity contribution in [3.8, 4) is 0 Å². The Morgan fingerprint density at radius 2 is 1.08 bits per heavy atom. The Kier molecular flexibility index (Phi) is 27.7. The van der Waals surface area contributed by atoms with Crippen molar-refractivity contribution in [1.82, 2.24) is 0 Å². The van der Waals surface area contributed by atoms with Gasteiger partial charge in [-0.2, -0.15) is 0 Å². The van der Waals surface area contributed by atoms with E-state index in [9.17, 15) is 9.59 Å². The molecule has 0 aromatic heterocycles. The van der Waals surface area contributed by atoms with Crippen molar-refractivity contribution >= 4 is 11.9 Å². The third-order valence-electron chi connectivity index (χ3n) is 6.93. The Morgan fingerprint density at radius 1 is 0.595 bits per heavy atom. The molecule has 4 heteroatoms. The molecule has 0 saturated heterocycles. The molecular weight excluding hydrogens is 460 g/mol. The largest absolute Gasteiger partial charge is 0.481 e. The van der Waals surface area contributed by atoms with Crippen molar-refractivity contribution in [3.05, 3.63) is 24.3 Å². The van der Waals surface area contributed by atoms with Crippen molar-refractivity contribution in [2.45, 2.75) is 174 Å². The fourth-order valence-corrected chi connectivity index (χ4v) is 4.57. The van der Waals surface area contributed by atoms with Gasteiger partial charge in [-0.1, -0.05) is 115 Å². The minimum Gasteiger partial charge on any atom is -0.481 e. The second-order valence-electron chi connectivity index (χ2n) is 10.6. The normalized spacial score (nSPS) is 12.5. The van der Waals surface area contributed by atoms with Gasteiger partial charge in [0.25, 0.3) is 0 Å². The van der Waals surface area contributed by atoms with Crippen LogP contribution in [0, 0.1) is 0 Å². The molecule has 0 aliphatic rings. The molecule has 0 fully saturated rings. The molecule has 1 atom stereocenters. The zero-order chi connectivity index (χ0) is 27.2. The molecule has 0 amide bonds. The first-order chi connectivity index (χ1) is 18.1. The molecule has 4 nitrogen and oxygen atoms in total. The lowest BCUT2D eigenvalue weighted by Crippen LogP contribution is -2.18. The quantitative estimate of drug-likeness (QED) is 0.0633. The van der Waals surface area contributed by atoms with Crippen LogP contribution in [0.1, 0.15) is 168 Å². The summed E-state index contributed by atoms with van der Waals surface area (Å²) < 4.78 is 5.91. The molecule has 37 heavy (non-hydrogen) atoms. The monoisotopic (exact) mass is 520 g/mol. The van der Waals surface area contributed by atoms with E-state index < -0.39 is 5.97 Å². The maximum atomic E-state index is 12.5. The van der Waals surface area contributed by atoms with Crippen molar-refractivity contribution in [3.63, 3.8) is 0 Å². The molecule has 0 bridgehead atoms. The van der Waals surface area contributed by atoms with Crippen molar-refractivity contribution in [2.75, 3.05) is 0 Å². The van der Waals surface area contributed by atoms with Gasteiger partial charge in [0.2, 0.25) is 0 Å². The van der Waals surface area contributed by atoms with Crippen LogP contribution in [-0.2, 0) is 14.3 Å². The number of rotatable bonds is 28. The fraction of sp³-hybridized carbons (Fsp3) is 0.818. The number of unbranched alkanes of at least 4 members (excludes halogenated alkanes) is 15. The molecular formula is C33H60O4. The van der Waals surface area contributed by atoms with E-state index in [2.05, 4.69) is 38.2 Å². The number of carboxylic acid groups (broad SMARTS) is 1. The van der Waals surface area contributed by atoms with Crippen LogP contribution >= 0.6 is 0 Å². The Bertz CT molecular complexity index is 567. The zero-order valence-corrected chi connectivity index (χ0v) is 24.5. The molecule has 1 unspecified atom stereocenters. The van der Waals surface area contributed by atoms with Gasteiger partial charge in [-0.15, -0.1) is 0 Å². The molecule has 0 aromatic rings. The third kappa shape index (κ3) is 28.8. The molecule has 216 valence electrons. The standard InChI is InChI=1S/C33H60O4/c1-3-5-7-9-11-13-14-15-16-19-23-27-31(28-24-20-18-21-25-29-32(34)35)37-33(36)30-26-22-17-12-10-8-6-4-2/h11,13,15-16,31H,3-10,12,14,17-30H2,1-2H3,(H,34,35)/b13-11-,16-15-. The number of hydrogen-bond acceptors (Lipinski definition) is 3. The summed E-state index contributed by atoms with van der Waals surface area (Å²) in [4.78, 5) is 23.1. The summed E-state index contributed by atoms with van der Waals surface area (Å²) >= 11 is 0. The average molecular weight is 521 g/mol. The van der Waals surface area contributed by atoms with Crippen LogP contribution in [0.15, 0.2) is 24.3 Å². The Hall–Kier alpha value is -1.58. The van der Waals surface area contributed by atoms with Crippen LogP contribution in [0.4, 0.5) is 0 Å². The highest BCUT2D eigenvalue weighted by Crippen LogP contribution is 2.17. The fourth-order valence-electron chi connectivity index (χ4n) is 4.57. The van der Waals surface area contributed by atoms with Crippen molar-refractivity contribution < 1.29 is 19.4 Å². The molecule has 0 spiro atoms. The Morgan fingerprint density at radius 3 is 1.70 bits per heavy atom. The predicted octanol–water partition coefficient (Wildman–Crippen LogP) is 10.5. The van der Waals surface area contributed by atoms with E-state index in [0.29, 0.717) is 6.42 Å². The maximum Gasteiger partial charge on any atom is 0.306 e. The highest BCUT2D eigenvalue weighted by atomic mass is 16.5. The first-order valence-corrected chi connectivity index (χ1v) is 15.8. The number of allylic oxidation sites excluding steroid dienone is 4. The first-order valence-electron chi connectivity index (χ1n) is 15.8. The van der Waals surface area contributed by atoms with E-state index in [4.69, 9.17) is 9.84 Å². The third-order valence-corrected chi connectivity index (χ3v) is 6.93. The van der Waals surface area contributed by atoms with Crippen LogP contribution in [0.2, 0.25) is 0 Å². The lowest BCUT2D eigenvalue weighted by Gasteiger charge is -2.18. The second kappa shape index (κ2) is 29.0. The Balaban J connectivity index is 4.18. The van der Waals surface area contributed by atoms with Gasteiger partial charge in [0, 0.05) is 12.8 Å². The number of aliphatic carboxylic acids is 1. The van der Waals surface area contributed by atoms with Crippen LogP contribution in [0.5, 0.6) is 0 Å². The summed E-state index contributed by atoms with van der Waals surface area (Å²) in [5.41, 5.74) is 0. The summed E-state index contributed by atoms with van der Waals surface area (Å²) in [6.07, 6.45) is 34.7. The number of carbonyl (C=O) groups excluding carboxylic acids is 1.